The Bertz CT molecular complexity index is 993. The summed E-state index contributed by atoms with van der Waals surface area (Å²) in [5.41, 5.74) is 1.02. The van der Waals surface area contributed by atoms with E-state index in [0.29, 0.717) is 32.3 Å². The van der Waals surface area contributed by atoms with E-state index in [1.54, 1.807) is 12.4 Å². The average molecular weight is 406 g/mol. The Morgan fingerprint density at radius 3 is 2.50 bits per heavy atom. The van der Waals surface area contributed by atoms with Crippen molar-refractivity contribution >= 4 is 22.8 Å². The number of aromatic nitrogens is 4. The summed E-state index contributed by atoms with van der Waals surface area (Å²) >= 11 is 0. The number of nitrogens with zero attached hydrogens (tertiary/aromatic N) is 6. The molecule has 1 aliphatic carbocycles. The first-order chi connectivity index (χ1) is 14.8. The van der Waals surface area contributed by atoms with Gasteiger partial charge in [0, 0.05) is 36.8 Å². The van der Waals surface area contributed by atoms with Gasteiger partial charge in [0.2, 0.25) is 11.9 Å². The third-order valence-electron chi connectivity index (χ3n) is 6.13. The first-order valence-corrected chi connectivity index (χ1v) is 10.7. The van der Waals surface area contributed by atoms with Crippen LogP contribution in [0.2, 0.25) is 0 Å². The zero-order chi connectivity index (χ0) is 20.3. The molecule has 1 saturated carbocycles. The smallest absolute Gasteiger partial charge is 0.246 e. The summed E-state index contributed by atoms with van der Waals surface area (Å²) in [6.45, 7) is 2.71. The summed E-state index contributed by atoms with van der Waals surface area (Å²) in [6, 6.07) is 10.2. The SMILES string of the molecule is O=C(C1CCC(N(c2ncccn2)n2ncc3ccccc32)CC1)N1CCOCC1. The molecule has 3 heterocycles. The maximum Gasteiger partial charge on any atom is 0.246 e. The minimum Gasteiger partial charge on any atom is -0.378 e. The summed E-state index contributed by atoms with van der Waals surface area (Å²) in [5, 5.41) is 7.82. The summed E-state index contributed by atoms with van der Waals surface area (Å²) in [7, 11) is 0. The number of anilines is 1. The molecule has 156 valence electrons. The number of hydrogen-bond acceptors (Lipinski definition) is 6. The normalized spacial score (nSPS) is 22.2. The van der Waals surface area contributed by atoms with E-state index in [2.05, 4.69) is 32.2 Å². The van der Waals surface area contributed by atoms with Crippen molar-refractivity contribution in [1.82, 2.24) is 24.8 Å². The predicted molar refractivity (Wildman–Crippen MR) is 113 cm³/mol. The average Bonchev–Trinajstić information content (AvgIpc) is 3.24. The van der Waals surface area contributed by atoms with Crippen LogP contribution in [-0.2, 0) is 9.53 Å². The zero-order valence-electron chi connectivity index (χ0n) is 16.9. The number of carbonyl (C=O) groups is 1. The van der Waals surface area contributed by atoms with Gasteiger partial charge in [0.05, 0.1) is 31.0 Å². The van der Waals surface area contributed by atoms with Gasteiger partial charge in [-0.15, -0.1) is 0 Å². The predicted octanol–water partition coefficient (Wildman–Crippen LogP) is 2.51. The number of para-hydroxylation sites is 1. The van der Waals surface area contributed by atoms with Crippen LogP contribution in [0.4, 0.5) is 5.95 Å². The fourth-order valence-corrected chi connectivity index (χ4v) is 4.55. The summed E-state index contributed by atoms with van der Waals surface area (Å²) < 4.78 is 5.39. The third-order valence-corrected chi connectivity index (χ3v) is 6.13. The monoisotopic (exact) mass is 406 g/mol. The molecule has 0 N–H and O–H groups in total. The van der Waals surface area contributed by atoms with Crippen molar-refractivity contribution in [3.05, 3.63) is 48.9 Å². The van der Waals surface area contributed by atoms with Crippen molar-refractivity contribution in [3.8, 4) is 0 Å². The fraction of sp³-hybridized carbons (Fsp3) is 0.455. The quantitative estimate of drug-likeness (QED) is 0.663. The van der Waals surface area contributed by atoms with Crippen molar-refractivity contribution in [1.29, 1.82) is 0 Å². The molecule has 1 aliphatic heterocycles. The van der Waals surface area contributed by atoms with Crippen LogP contribution in [-0.4, -0.2) is 63.0 Å². The molecule has 8 heteroatoms. The minimum absolute atomic E-state index is 0.0901. The van der Waals surface area contributed by atoms with Gasteiger partial charge < -0.3 is 9.64 Å². The Hall–Kier alpha value is -3.00. The lowest BCUT2D eigenvalue weighted by atomic mass is 9.85. The molecule has 0 spiro atoms. The van der Waals surface area contributed by atoms with Crippen LogP contribution in [0.3, 0.4) is 0 Å². The number of fused-ring (bicyclic) bond motifs is 1. The van der Waals surface area contributed by atoms with Gasteiger partial charge in [0.15, 0.2) is 0 Å². The highest BCUT2D eigenvalue weighted by Gasteiger charge is 2.34. The molecule has 30 heavy (non-hydrogen) atoms. The van der Waals surface area contributed by atoms with Gasteiger partial charge in [-0.2, -0.15) is 9.89 Å². The van der Waals surface area contributed by atoms with Crippen molar-refractivity contribution in [2.75, 3.05) is 31.3 Å². The number of benzene rings is 1. The highest BCUT2D eigenvalue weighted by atomic mass is 16.5. The van der Waals surface area contributed by atoms with Crippen LogP contribution in [0.15, 0.2) is 48.9 Å². The molecule has 2 fully saturated rings. The fourth-order valence-electron chi connectivity index (χ4n) is 4.55. The van der Waals surface area contributed by atoms with E-state index in [4.69, 9.17) is 4.74 Å². The molecular weight excluding hydrogens is 380 g/mol. The van der Waals surface area contributed by atoms with Crippen molar-refractivity contribution in [2.45, 2.75) is 31.7 Å². The molecule has 0 radical (unpaired) electrons. The summed E-state index contributed by atoms with van der Waals surface area (Å²) in [6.07, 6.45) is 8.91. The maximum absolute atomic E-state index is 12.9. The van der Waals surface area contributed by atoms with E-state index in [-0.39, 0.29) is 17.9 Å². The van der Waals surface area contributed by atoms with Gasteiger partial charge in [-0.05, 0) is 37.8 Å². The summed E-state index contributed by atoms with van der Waals surface area (Å²) in [4.78, 5) is 25.8. The lowest BCUT2D eigenvalue weighted by molar-refractivity contribution is -0.140. The van der Waals surface area contributed by atoms with Gasteiger partial charge in [0.25, 0.3) is 0 Å². The van der Waals surface area contributed by atoms with E-state index in [1.807, 2.05) is 34.1 Å². The number of rotatable bonds is 4. The second kappa shape index (κ2) is 8.39. The van der Waals surface area contributed by atoms with Crippen molar-refractivity contribution in [3.63, 3.8) is 0 Å². The highest BCUT2D eigenvalue weighted by Crippen LogP contribution is 2.32. The van der Waals surface area contributed by atoms with Crippen LogP contribution in [0.5, 0.6) is 0 Å². The molecule has 3 aromatic rings. The molecule has 8 nitrogen and oxygen atoms in total. The largest absolute Gasteiger partial charge is 0.378 e. The van der Waals surface area contributed by atoms with Gasteiger partial charge in [-0.1, -0.05) is 18.2 Å². The Labute approximate surface area is 175 Å². The molecule has 1 aromatic carbocycles. The molecule has 1 saturated heterocycles. The molecule has 2 aromatic heterocycles. The van der Waals surface area contributed by atoms with Crippen LogP contribution in [0.25, 0.3) is 10.9 Å². The first-order valence-electron chi connectivity index (χ1n) is 10.7. The topological polar surface area (TPSA) is 76.4 Å². The molecule has 5 rings (SSSR count). The highest BCUT2D eigenvalue weighted by molar-refractivity contribution is 5.80. The molecular formula is C22H26N6O2. The Balaban J connectivity index is 1.38. The zero-order valence-corrected chi connectivity index (χ0v) is 16.9. The van der Waals surface area contributed by atoms with Gasteiger partial charge >= 0.3 is 0 Å². The molecule has 1 amide bonds. The number of carbonyl (C=O) groups excluding carboxylic acids is 1. The first kappa shape index (κ1) is 19.0. The molecule has 0 unspecified atom stereocenters. The Morgan fingerprint density at radius 1 is 1.00 bits per heavy atom. The van der Waals surface area contributed by atoms with Crippen molar-refractivity contribution in [2.24, 2.45) is 5.92 Å². The standard InChI is InChI=1S/C22H26N6O2/c29-21(26-12-14-30-15-13-26)17-6-8-19(9-7-17)27(22-23-10-3-11-24-22)28-20-5-2-1-4-18(20)16-25-28/h1-5,10-11,16-17,19H,6-9,12-15H2. The van der Waals surface area contributed by atoms with E-state index in [0.717, 1.165) is 36.6 Å². The van der Waals surface area contributed by atoms with Crippen LogP contribution < -0.4 is 5.01 Å². The third kappa shape index (κ3) is 3.63. The Morgan fingerprint density at radius 2 is 1.73 bits per heavy atom. The number of hydrogen-bond donors (Lipinski definition) is 0. The summed E-state index contributed by atoms with van der Waals surface area (Å²) in [5.74, 6) is 1.00. The lowest BCUT2D eigenvalue weighted by Crippen LogP contribution is -2.47. The van der Waals surface area contributed by atoms with E-state index >= 15 is 0 Å². The van der Waals surface area contributed by atoms with Gasteiger partial charge in [-0.3, -0.25) is 4.79 Å². The second-order valence-electron chi connectivity index (χ2n) is 7.93. The Kier molecular flexibility index (Phi) is 5.31. The second-order valence-corrected chi connectivity index (χ2v) is 7.93. The number of morpholine rings is 1. The van der Waals surface area contributed by atoms with Crippen LogP contribution >= 0.6 is 0 Å². The van der Waals surface area contributed by atoms with Crippen LogP contribution in [0, 0.1) is 5.92 Å². The molecule has 0 bridgehead atoms. The number of ether oxygens (including phenoxy) is 1. The van der Waals surface area contributed by atoms with Gasteiger partial charge in [-0.25, -0.2) is 15.0 Å². The van der Waals surface area contributed by atoms with E-state index in [1.165, 1.54) is 0 Å². The molecule has 2 aliphatic rings. The number of amides is 1. The van der Waals surface area contributed by atoms with E-state index in [9.17, 15) is 4.79 Å². The lowest BCUT2D eigenvalue weighted by Gasteiger charge is -2.38. The maximum atomic E-state index is 12.9. The molecule has 0 atom stereocenters. The van der Waals surface area contributed by atoms with Crippen LogP contribution in [0.1, 0.15) is 25.7 Å². The van der Waals surface area contributed by atoms with E-state index < -0.39 is 0 Å². The van der Waals surface area contributed by atoms with Crippen molar-refractivity contribution < 1.29 is 9.53 Å². The van der Waals surface area contributed by atoms with Gasteiger partial charge in [0.1, 0.15) is 0 Å². The minimum atomic E-state index is 0.0901.